The van der Waals surface area contributed by atoms with Crippen LogP contribution in [0.15, 0.2) is 42.5 Å². The van der Waals surface area contributed by atoms with Crippen molar-refractivity contribution in [2.75, 3.05) is 18.5 Å². The molecule has 26 heavy (non-hydrogen) atoms. The molecule has 0 aliphatic heterocycles. The summed E-state index contributed by atoms with van der Waals surface area (Å²) in [5.74, 6) is -1.49. The molecule has 0 radical (unpaired) electrons. The molecule has 0 heterocycles. The van der Waals surface area contributed by atoms with Gasteiger partial charge in [0.2, 0.25) is 0 Å². The van der Waals surface area contributed by atoms with Crippen LogP contribution < -0.4 is 10.6 Å². The van der Waals surface area contributed by atoms with E-state index in [4.69, 9.17) is 4.74 Å². The molecular formula is C19H19IN2O4. The number of amides is 2. The van der Waals surface area contributed by atoms with E-state index < -0.39 is 18.5 Å². The number of nitrogens with one attached hydrogen (secondary N) is 2. The molecule has 7 heteroatoms. The Labute approximate surface area is 165 Å². The lowest BCUT2D eigenvalue weighted by Crippen LogP contribution is -2.32. The lowest BCUT2D eigenvalue weighted by Gasteiger charge is -2.08. The fourth-order valence-corrected chi connectivity index (χ4v) is 2.42. The predicted octanol–water partition coefficient (Wildman–Crippen LogP) is 2.82. The van der Waals surface area contributed by atoms with Crippen LogP contribution in [-0.2, 0) is 14.3 Å². The van der Waals surface area contributed by atoms with Gasteiger partial charge in [-0.15, -0.1) is 0 Å². The van der Waals surface area contributed by atoms with Crippen molar-refractivity contribution in [3.63, 3.8) is 0 Å². The summed E-state index contributed by atoms with van der Waals surface area (Å²) in [4.78, 5) is 35.5. The minimum atomic E-state index is -0.681. The first-order valence-corrected chi connectivity index (χ1v) is 8.99. The lowest BCUT2D eigenvalue weighted by molar-refractivity contribution is -0.146. The van der Waals surface area contributed by atoms with Crippen LogP contribution in [0.3, 0.4) is 0 Å². The lowest BCUT2D eigenvalue weighted by atomic mass is 10.1. The molecule has 0 aliphatic carbocycles. The Kier molecular flexibility index (Phi) is 7.14. The summed E-state index contributed by atoms with van der Waals surface area (Å²) in [5, 5.41) is 5.10. The fraction of sp³-hybridized carbons (Fsp3) is 0.211. The van der Waals surface area contributed by atoms with Crippen LogP contribution in [0.25, 0.3) is 0 Å². The molecule has 0 atom stereocenters. The molecule has 2 N–H and O–H groups in total. The third kappa shape index (κ3) is 6.14. The summed E-state index contributed by atoms with van der Waals surface area (Å²) in [6, 6.07) is 12.5. The zero-order valence-electron chi connectivity index (χ0n) is 14.5. The van der Waals surface area contributed by atoms with Gasteiger partial charge in [-0.2, -0.15) is 0 Å². The van der Waals surface area contributed by atoms with Crippen LogP contribution in [0.5, 0.6) is 0 Å². The van der Waals surface area contributed by atoms with Gasteiger partial charge in [-0.1, -0.05) is 6.07 Å². The number of carbonyl (C=O) groups is 3. The summed E-state index contributed by atoms with van der Waals surface area (Å²) in [6.07, 6.45) is 0. The third-order valence-corrected chi connectivity index (χ3v) is 4.37. The van der Waals surface area contributed by atoms with Crippen LogP contribution in [0.4, 0.5) is 5.69 Å². The van der Waals surface area contributed by atoms with E-state index in [0.29, 0.717) is 11.3 Å². The van der Waals surface area contributed by atoms with Gasteiger partial charge in [0.15, 0.2) is 6.61 Å². The van der Waals surface area contributed by atoms with Gasteiger partial charge in [0.05, 0.1) is 0 Å². The zero-order valence-corrected chi connectivity index (χ0v) is 16.6. The average molecular weight is 466 g/mol. The smallest absolute Gasteiger partial charge is 0.325 e. The topological polar surface area (TPSA) is 84.5 Å². The van der Waals surface area contributed by atoms with Gasteiger partial charge in [0, 0.05) is 14.8 Å². The molecule has 6 nitrogen and oxygen atoms in total. The van der Waals surface area contributed by atoms with Crippen LogP contribution in [0, 0.1) is 17.4 Å². The van der Waals surface area contributed by atoms with Gasteiger partial charge in [-0.25, -0.2) is 0 Å². The molecule has 2 rings (SSSR count). The summed E-state index contributed by atoms with van der Waals surface area (Å²) < 4.78 is 5.91. The summed E-state index contributed by atoms with van der Waals surface area (Å²) in [5.41, 5.74) is 3.17. The molecule has 2 aromatic rings. The molecule has 136 valence electrons. The van der Waals surface area contributed by atoms with E-state index in [0.717, 1.165) is 14.7 Å². The highest BCUT2D eigenvalue weighted by molar-refractivity contribution is 14.1. The number of halogens is 1. The average Bonchev–Trinajstić information content (AvgIpc) is 2.62. The highest BCUT2D eigenvalue weighted by atomic mass is 127. The Morgan fingerprint density at radius 2 is 1.69 bits per heavy atom. The highest BCUT2D eigenvalue weighted by Crippen LogP contribution is 2.11. The minimum Gasteiger partial charge on any atom is -0.454 e. The number of anilines is 1. The van der Waals surface area contributed by atoms with Crippen molar-refractivity contribution in [3.05, 3.63) is 62.7 Å². The number of hydrogen-bond acceptors (Lipinski definition) is 4. The second-order valence-corrected chi connectivity index (χ2v) is 6.94. The van der Waals surface area contributed by atoms with Crippen LogP contribution >= 0.6 is 22.6 Å². The van der Waals surface area contributed by atoms with E-state index in [9.17, 15) is 14.4 Å². The van der Waals surface area contributed by atoms with Crippen molar-refractivity contribution in [3.8, 4) is 0 Å². The van der Waals surface area contributed by atoms with Gasteiger partial charge in [-0.3, -0.25) is 14.4 Å². The first-order chi connectivity index (χ1) is 12.3. The maximum Gasteiger partial charge on any atom is 0.325 e. The number of carbonyl (C=O) groups excluding carboxylic acids is 3. The SMILES string of the molecule is Cc1ccc(C(=O)NCC(=O)OCC(=O)Nc2ccc(I)cc2)cc1C. The Hall–Kier alpha value is -2.42. The van der Waals surface area contributed by atoms with Gasteiger partial charge in [0.25, 0.3) is 11.8 Å². The van der Waals surface area contributed by atoms with E-state index in [-0.39, 0.29) is 12.5 Å². The Morgan fingerprint density at radius 1 is 1.00 bits per heavy atom. The van der Waals surface area contributed by atoms with Gasteiger partial charge in [0.1, 0.15) is 6.54 Å². The quantitative estimate of drug-likeness (QED) is 0.507. The fourth-order valence-electron chi connectivity index (χ4n) is 2.06. The monoisotopic (exact) mass is 466 g/mol. The molecule has 0 aliphatic rings. The Balaban J connectivity index is 1.74. The molecule has 0 saturated carbocycles. The molecule has 0 fully saturated rings. The highest BCUT2D eigenvalue weighted by Gasteiger charge is 2.11. The summed E-state index contributed by atoms with van der Waals surface area (Å²) >= 11 is 2.16. The van der Waals surface area contributed by atoms with E-state index in [1.807, 2.05) is 32.0 Å². The maximum atomic E-state index is 12.0. The van der Waals surface area contributed by atoms with E-state index >= 15 is 0 Å². The van der Waals surface area contributed by atoms with Crippen LogP contribution in [0.2, 0.25) is 0 Å². The van der Waals surface area contributed by atoms with Gasteiger partial charge >= 0.3 is 5.97 Å². The van der Waals surface area contributed by atoms with Crippen molar-refractivity contribution in [1.82, 2.24) is 5.32 Å². The second kappa shape index (κ2) is 9.33. The van der Waals surface area contributed by atoms with Crippen LogP contribution in [0.1, 0.15) is 21.5 Å². The number of rotatable bonds is 6. The standard InChI is InChI=1S/C19H19IN2O4/c1-12-3-4-14(9-13(12)2)19(25)21-10-18(24)26-11-17(23)22-16-7-5-15(20)6-8-16/h3-9H,10-11H2,1-2H3,(H,21,25)(H,22,23). The molecule has 2 amide bonds. The normalized spacial score (nSPS) is 10.1. The molecule has 0 aromatic heterocycles. The zero-order chi connectivity index (χ0) is 19.1. The number of esters is 1. The molecule has 0 saturated heterocycles. The molecule has 2 aromatic carbocycles. The molecule has 0 unspecified atom stereocenters. The predicted molar refractivity (Wildman–Crippen MR) is 107 cm³/mol. The Bertz CT molecular complexity index is 819. The first kappa shape index (κ1) is 19.9. The van der Waals surface area contributed by atoms with Crippen molar-refractivity contribution >= 4 is 46.1 Å². The maximum absolute atomic E-state index is 12.0. The van der Waals surface area contributed by atoms with E-state index in [1.54, 1.807) is 24.3 Å². The largest absolute Gasteiger partial charge is 0.454 e. The molecule has 0 spiro atoms. The second-order valence-electron chi connectivity index (χ2n) is 5.70. The number of hydrogen-bond donors (Lipinski definition) is 2. The molecule has 0 bridgehead atoms. The number of benzene rings is 2. The van der Waals surface area contributed by atoms with Gasteiger partial charge in [-0.05, 0) is 84.0 Å². The van der Waals surface area contributed by atoms with Gasteiger partial charge < -0.3 is 15.4 Å². The van der Waals surface area contributed by atoms with Crippen molar-refractivity contribution < 1.29 is 19.1 Å². The summed E-state index contributed by atoms with van der Waals surface area (Å²) in [7, 11) is 0. The van der Waals surface area contributed by atoms with E-state index in [1.165, 1.54) is 0 Å². The minimum absolute atomic E-state index is 0.303. The molecular weight excluding hydrogens is 447 g/mol. The number of ether oxygens (including phenoxy) is 1. The van der Waals surface area contributed by atoms with Crippen molar-refractivity contribution in [2.45, 2.75) is 13.8 Å². The van der Waals surface area contributed by atoms with Crippen LogP contribution in [-0.4, -0.2) is 30.9 Å². The third-order valence-electron chi connectivity index (χ3n) is 3.65. The number of aryl methyl sites for hydroxylation is 2. The van der Waals surface area contributed by atoms with E-state index in [2.05, 4.69) is 33.2 Å². The van der Waals surface area contributed by atoms with Crippen molar-refractivity contribution in [1.29, 1.82) is 0 Å². The van der Waals surface area contributed by atoms with Crippen molar-refractivity contribution in [2.24, 2.45) is 0 Å². The first-order valence-electron chi connectivity index (χ1n) is 7.91. The Morgan fingerprint density at radius 3 is 2.35 bits per heavy atom. The summed E-state index contributed by atoms with van der Waals surface area (Å²) in [6.45, 7) is 3.15.